The summed E-state index contributed by atoms with van der Waals surface area (Å²) in [5, 5.41) is 14.6. The first-order valence-electron chi connectivity index (χ1n) is 15.8. The molecule has 2 aromatic carbocycles. The highest BCUT2D eigenvalue weighted by Gasteiger charge is 2.35. The molecule has 1 fully saturated rings. The maximum atomic E-state index is 15.3. The number of anilines is 1. The number of likely N-dealkylation sites (tertiary alicyclic amines) is 1. The lowest BCUT2D eigenvalue weighted by molar-refractivity contribution is -0.122. The number of nitrogens with zero attached hydrogens (tertiary/aromatic N) is 3. The smallest absolute Gasteiger partial charge is 0.251 e. The molecule has 0 spiro atoms. The maximum absolute atomic E-state index is 15.3. The number of benzene rings is 2. The average molecular weight is 639 g/mol. The monoisotopic (exact) mass is 638 g/mol. The second-order valence-electron chi connectivity index (χ2n) is 12.0. The Kier molecular flexibility index (Phi) is 9.63. The van der Waals surface area contributed by atoms with Crippen molar-refractivity contribution in [3.8, 4) is 5.75 Å². The Morgan fingerprint density at radius 3 is 2.70 bits per heavy atom. The van der Waals surface area contributed by atoms with Crippen molar-refractivity contribution in [1.82, 2.24) is 20.4 Å². The van der Waals surface area contributed by atoms with Crippen molar-refractivity contribution < 1.29 is 23.5 Å². The highest BCUT2D eigenvalue weighted by Crippen LogP contribution is 2.30. The number of aromatic amines is 1. The number of H-pyrrole nitrogens is 1. The Hall–Kier alpha value is -5.03. The maximum Gasteiger partial charge on any atom is 0.251 e. The minimum atomic E-state index is -0.560. The van der Waals surface area contributed by atoms with Gasteiger partial charge in [0, 0.05) is 47.6 Å². The van der Waals surface area contributed by atoms with E-state index in [0.29, 0.717) is 54.1 Å². The zero-order chi connectivity index (χ0) is 32.9. The van der Waals surface area contributed by atoms with Crippen molar-refractivity contribution in [3.05, 3.63) is 95.2 Å². The van der Waals surface area contributed by atoms with Crippen LogP contribution in [0.25, 0.3) is 16.5 Å². The van der Waals surface area contributed by atoms with Crippen molar-refractivity contribution in [1.29, 1.82) is 0 Å². The minimum Gasteiger partial charge on any atom is -0.497 e. The largest absolute Gasteiger partial charge is 0.497 e. The number of methoxy groups -OCH3 is 2. The number of amides is 2. The standard InChI is InChI=1S/C36H39FN6O4/c1-22-18-23(16-17-38-22)34-28-19-24(8-14-31(28)41-42-34)35(44)40-26-11-15-32(36(45)39-25-9-12-27(46-2)13-10-25)43(20-26)21-29-30(37)6-4-5-7-33(29)47-3/h5-10,12-14,16-17,19,22,26,32H,4,11,15,18,20-21H2,1-3H3,(H,39,45)(H,40,44)(H,41,42). The molecule has 0 radical (unpaired) electrons. The zero-order valence-electron chi connectivity index (χ0n) is 26.8. The molecule has 6 rings (SSSR count). The summed E-state index contributed by atoms with van der Waals surface area (Å²) < 4.78 is 26.1. The van der Waals surface area contributed by atoms with E-state index in [1.165, 1.54) is 13.2 Å². The number of aromatic nitrogens is 2. The summed E-state index contributed by atoms with van der Waals surface area (Å²) in [5.41, 5.74) is 4.24. The summed E-state index contributed by atoms with van der Waals surface area (Å²) in [6.45, 7) is 2.53. The van der Waals surface area contributed by atoms with E-state index in [2.05, 4.69) is 32.7 Å². The number of fused-ring (bicyclic) bond motifs is 1. The summed E-state index contributed by atoms with van der Waals surface area (Å²) in [7, 11) is 3.09. The molecule has 1 saturated heterocycles. The van der Waals surface area contributed by atoms with Crippen LogP contribution in [0.3, 0.4) is 0 Å². The molecule has 1 aliphatic carbocycles. The molecule has 244 valence electrons. The van der Waals surface area contributed by atoms with Gasteiger partial charge in [0.25, 0.3) is 5.91 Å². The summed E-state index contributed by atoms with van der Waals surface area (Å²) in [4.78, 5) is 33.6. The number of halogens is 1. The summed E-state index contributed by atoms with van der Waals surface area (Å²) in [6.07, 6.45) is 11.1. The average Bonchev–Trinajstić information content (AvgIpc) is 3.43. The van der Waals surface area contributed by atoms with E-state index in [0.717, 1.165) is 28.6 Å². The second kappa shape index (κ2) is 14.2. The van der Waals surface area contributed by atoms with Crippen LogP contribution >= 0.6 is 0 Å². The van der Waals surface area contributed by atoms with Crippen molar-refractivity contribution in [2.45, 2.75) is 50.7 Å². The summed E-state index contributed by atoms with van der Waals surface area (Å²) in [6, 6.07) is 11.9. The molecule has 10 nitrogen and oxygen atoms in total. The number of piperidine rings is 1. The van der Waals surface area contributed by atoms with E-state index in [4.69, 9.17) is 9.47 Å². The molecule has 3 unspecified atom stereocenters. The Morgan fingerprint density at radius 1 is 1.11 bits per heavy atom. The van der Waals surface area contributed by atoms with Crippen LogP contribution in [0.15, 0.2) is 88.9 Å². The first-order valence-corrected chi connectivity index (χ1v) is 15.8. The van der Waals surface area contributed by atoms with Gasteiger partial charge in [-0.1, -0.05) is 6.08 Å². The first-order chi connectivity index (χ1) is 22.8. The van der Waals surface area contributed by atoms with Crippen LogP contribution in [0.4, 0.5) is 10.1 Å². The van der Waals surface area contributed by atoms with Gasteiger partial charge in [0.1, 0.15) is 17.3 Å². The number of hydrogen-bond acceptors (Lipinski definition) is 7. The Morgan fingerprint density at radius 2 is 1.94 bits per heavy atom. The van der Waals surface area contributed by atoms with Crippen LogP contribution in [0.1, 0.15) is 48.7 Å². The number of hydrogen-bond donors (Lipinski definition) is 3. The predicted molar refractivity (Wildman–Crippen MR) is 181 cm³/mol. The Balaban J connectivity index is 1.22. The fourth-order valence-corrected chi connectivity index (χ4v) is 6.33. The molecule has 3 N–H and O–H groups in total. The van der Waals surface area contributed by atoms with Gasteiger partial charge in [-0.25, -0.2) is 4.39 Å². The number of carbonyl (C=O) groups is 2. The van der Waals surface area contributed by atoms with E-state index in [9.17, 15) is 9.59 Å². The third-order valence-electron chi connectivity index (χ3n) is 8.81. The van der Waals surface area contributed by atoms with Crippen LogP contribution in [0.2, 0.25) is 0 Å². The molecule has 0 bridgehead atoms. The molecule has 3 aromatic rings. The van der Waals surface area contributed by atoms with Gasteiger partial charge in [-0.3, -0.25) is 24.6 Å². The zero-order valence-corrected chi connectivity index (χ0v) is 26.8. The predicted octanol–water partition coefficient (Wildman–Crippen LogP) is 5.73. The molecule has 3 heterocycles. The van der Waals surface area contributed by atoms with Crippen molar-refractivity contribution in [2.24, 2.45) is 4.99 Å². The van der Waals surface area contributed by atoms with Crippen LogP contribution in [0.5, 0.6) is 5.75 Å². The number of allylic oxidation sites excluding steroid dienone is 4. The topological polar surface area (TPSA) is 121 Å². The van der Waals surface area contributed by atoms with Crippen LogP contribution < -0.4 is 15.4 Å². The van der Waals surface area contributed by atoms with Gasteiger partial charge in [0.05, 0.1) is 37.5 Å². The molecule has 11 heteroatoms. The number of rotatable bonds is 9. The molecule has 3 aliphatic rings. The number of nitrogens with one attached hydrogen (secondary N) is 3. The second-order valence-corrected chi connectivity index (χ2v) is 12.0. The minimum absolute atomic E-state index is 0.129. The number of aliphatic imine (C=N–C) groups is 1. The fourth-order valence-electron chi connectivity index (χ4n) is 6.33. The van der Waals surface area contributed by atoms with Gasteiger partial charge in [-0.05, 0) is 98.9 Å². The van der Waals surface area contributed by atoms with E-state index < -0.39 is 6.04 Å². The lowest BCUT2D eigenvalue weighted by atomic mass is 9.95. The Bertz CT molecular complexity index is 1810. The van der Waals surface area contributed by atoms with Crippen molar-refractivity contribution in [2.75, 3.05) is 32.6 Å². The number of ether oxygens (including phenoxy) is 2. The molecule has 47 heavy (non-hydrogen) atoms. The lowest BCUT2D eigenvalue weighted by Crippen LogP contribution is -2.55. The third-order valence-corrected chi connectivity index (χ3v) is 8.81. The molecule has 2 amide bonds. The van der Waals surface area contributed by atoms with Gasteiger partial charge >= 0.3 is 0 Å². The fraction of sp³-hybridized carbons (Fsp3) is 0.333. The highest BCUT2D eigenvalue weighted by atomic mass is 19.1. The quantitative estimate of drug-likeness (QED) is 0.275. The van der Waals surface area contributed by atoms with Crippen molar-refractivity contribution in [3.63, 3.8) is 0 Å². The van der Waals surface area contributed by atoms with Gasteiger partial charge in [0.15, 0.2) is 0 Å². The normalized spacial score (nSPS) is 21.6. The van der Waals surface area contributed by atoms with Gasteiger partial charge in [-0.2, -0.15) is 5.10 Å². The van der Waals surface area contributed by atoms with Crippen LogP contribution in [-0.4, -0.2) is 78.6 Å². The van der Waals surface area contributed by atoms with Crippen LogP contribution in [0, 0.1) is 0 Å². The van der Waals surface area contributed by atoms with E-state index in [-0.39, 0.29) is 36.3 Å². The van der Waals surface area contributed by atoms with E-state index in [1.54, 1.807) is 49.7 Å². The van der Waals surface area contributed by atoms with Gasteiger partial charge in [-0.15, -0.1) is 0 Å². The molecule has 3 atom stereocenters. The SMILES string of the molecule is COC1=C(CN2CC(NC(=O)c3ccc4[nH]nc(C5=CC=NC(C)C5)c4c3)CCC2C(=O)Nc2ccc(OC)cc2)C(F)=CCC=C1. The van der Waals surface area contributed by atoms with E-state index in [1.807, 2.05) is 29.2 Å². The van der Waals surface area contributed by atoms with Gasteiger partial charge < -0.3 is 20.1 Å². The van der Waals surface area contributed by atoms with Crippen molar-refractivity contribution >= 4 is 40.2 Å². The third kappa shape index (κ3) is 7.20. The van der Waals surface area contributed by atoms with Gasteiger partial charge in [0.2, 0.25) is 5.91 Å². The molecule has 2 aliphatic heterocycles. The Labute approximate surface area is 273 Å². The first kappa shape index (κ1) is 31.9. The number of dihydropyridines is 1. The summed E-state index contributed by atoms with van der Waals surface area (Å²) in [5.74, 6) is 0.280. The highest BCUT2D eigenvalue weighted by molar-refractivity contribution is 6.01. The van der Waals surface area contributed by atoms with Crippen LogP contribution in [-0.2, 0) is 9.53 Å². The summed E-state index contributed by atoms with van der Waals surface area (Å²) >= 11 is 0. The molecular weight excluding hydrogens is 599 g/mol. The number of carbonyl (C=O) groups excluding carboxylic acids is 2. The lowest BCUT2D eigenvalue weighted by Gasteiger charge is -2.39. The van der Waals surface area contributed by atoms with E-state index >= 15 is 4.39 Å². The molecule has 0 saturated carbocycles. The molecular formula is C36H39FN6O4. The molecule has 1 aromatic heterocycles.